The highest BCUT2D eigenvalue weighted by Gasteiger charge is 2.29. The fourth-order valence-corrected chi connectivity index (χ4v) is 3.31. The van der Waals surface area contributed by atoms with E-state index in [1.807, 2.05) is 0 Å². The van der Waals surface area contributed by atoms with Crippen molar-refractivity contribution in [2.75, 3.05) is 0 Å². The zero-order chi connectivity index (χ0) is 19.0. The number of nitrogens with zero attached hydrogens (tertiary/aromatic N) is 2. The maximum atomic E-state index is 11.1. The summed E-state index contributed by atoms with van der Waals surface area (Å²) in [7, 11) is 0. The van der Waals surface area contributed by atoms with Crippen LogP contribution in [0.4, 0.5) is 11.4 Å². The lowest BCUT2D eigenvalue weighted by molar-refractivity contribution is -0.384. The van der Waals surface area contributed by atoms with E-state index in [0.717, 1.165) is 0 Å². The van der Waals surface area contributed by atoms with Crippen LogP contribution in [0.1, 0.15) is 36.1 Å². The number of hydrogen-bond acceptors (Lipinski definition) is 5. The quantitative estimate of drug-likeness (QED) is 0.593. The molecule has 130 valence electrons. The van der Waals surface area contributed by atoms with E-state index in [-0.39, 0.29) is 33.5 Å². The van der Waals surface area contributed by atoms with Gasteiger partial charge in [-0.1, -0.05) is 35.3 Å². The number of halogens is 2. The largest absolute Gasteiger partial charge is 0.303 e. The van der Waals surface area contributed by atoms with Gasteiger partial charge in [0.2, 0.25) is 0 Å². The lowest BCUT2D eigenvalue weighted by Crippen LogP contribution is -2.17. The van der Waals surface area contributed by atoms with Crippen LogP contribution in [-0.2, 0) is 0 Å². The average molecular weight is 383 g/mol. The van der Waals surface area contributed by atoms with Crippen molar-refractivity contribution in [3.8, 4) is 0 Å². The van der Waals surface area contributed by atoms with E-state index in [1.54, 1.807) is 12.1 Å². The van der Waals surface area contributed by atoms with E-state index >= 15 is 0 Å². The molecule has 1 saturated heterocycles. The predicted molar refractivity (Wildman–Crippen MR) is 94.1 cm³/mol. The Morgan fingerprint density at radius 1 is 0.920 bits per heavy atom. The Labute approximate surface area is 154 Å². The van der Waals surface area contributed by atoms with Gasteiger partial charge in [-0.15, -0.1) is 0 Å². The molecular formula is C16H13Cl2N3O4. The summed E-state index contributed by atoms with van der Waals surface area (Å²) in [4.78, 5) is 21.0. The second-order valence-corrected chi connectivity index (χ2v) is 6.51. The molecule has 9 heteroatoms. The molecule has 0 aliphatic carbocycles. The second-order valence-electron chi connectivity index (χ2n) is 5.69. The van der Waals surface area contributed by atoms with Gasteiger partial charge in [0.15, 0.2) is 0 Å². The zero-order valence-electron chi connectivity index (χ0n) is 13.8. The minimum absolute atomic E-state index is 0.0400. The van der Waals surface area contributed by atoms with E-state index in [1.165, 1.54) is 29.6 Å². The lowest BCUT2D eigenvalue weighted by atomic mass is 10.0. The number of benzene rings is 2. The number of hydrogen-bond donors (Lipinski definition) is 1. The standard InChI is InChI=1S/C16H13Cl2N3O4/c17-11-3-1-9(7-15(11)20(22)23)13-5-6-14(19-13)10-2-4-12(18)16(8-10)21(24)25/h1-4,7-8,13-14,19H,5-6H2/i/hD. The van der Waals surface area contributed by atoms with Crippen LogP contribution in [0.25, 0.3) is 0 Å². The third-order valence-electron chi connectivity index (χ3n) is 4.18. The van der Waals surface area contributed by atoms with Crippen LogP contribution in [0.15, 0.2) is 36.4 Å². The molecule has 0 radical (unpaired) electrons. The Balaban J connectivity index is 1.90. The molecule has 2 aromatic rings. The average Bonchev–Trinajstić information content (AvgIpc) is 2.97. The molecule has 2 atom stereocenters. The molecule has 0 saturated carbocycles. The van der Waals surface area contributed by atoms with Crippen molar-refractivity contribution >= 4 is 34.6 Å². The molecule has 0 spiro atoms. The first-order valence-electron chi connectivity index (χ1n) is 7.89. The number of nitro groups is 2. The summed E-state index contributed by atoms with van der Waals surface area (Å²) in [6, 6.07) is 8.23. The number of nitro benzene ring substituents is 2. The van der Waals surface area contributed by atoms with Crippen LogP contribution in [0.5, 0.6) is 0 Å². The summed E-state index contributed by atoms with van der Waals surface area (Å²) in [5, 5.41) is 23.5. The van der Waals surface area contributed by atoms with Crippen molar-refractivity contribution in [2.24, 2.45) is 0 Å². The summed E-state index contributed by atoms with van der Waals surface area (Å²) >= 11 is 11.7. The van der Waals surface area contributed by atoms with Gasteiger partial charge in [-0.05, 0) is 36.1 Å². The lowest BCUT2D eigenvalue weighted by Gasteiger charge is -2.15. The highest BCUT2D eigenvalue weighted by atomic mass is 35.5. The Hall–Kier alpha value is -2.22. The number of nitrogens with one attached hydrogen (secondary N) is 1. The Morgan fingerprint density at radius 2 is 1.32 bits per heavy atom. The monoisotopic (exact) mass is 382 g/mol. The van der Waals surface area contributed by atoms with Crippen LogP contribution in [0.3, 0.4) is 0 Å². The Morgan fingerprint density at radius 3 is 1.68 bits per heavy atom. The van der Waals surface area contributed by atoms with Gasteiger partial charge < -0.3 is 5.31 Å². The normalized spacial score (nSPS) is 21.1. The van der Waals surface area contributed by atoms with E-state index in [2.05, 4.69) is 0 Å². The predicted octanol–water partition coefficient (Wildman–Crippen LogP) is 4.98. The van der Waals surface area contributed by atoms with Crippen LogP contribution in [0.2, 0.25) is 11.5 Å². The van der Waals surface area contributed by atoms with Gasteiger partial charge >= 0.3 is 0 Å². The van der Waals surface area contributed by atoms with Gasteiger partial charge in [0.05, 0.1) is 9.85 Å². The van der Waals surface area contributed by atoms with Crippen LogP contribution < -0.4 is 5.31 Å². The van der Waals surface area contributed by atoms with Crippen molar-refractivity contribution in [1.29, 1.82) is 0 Å². The van der Waals surface area contributed by atoms with E-state index in [9.17, 15) is 20.2 Å². The minimum Gasteiger partial charge on any atom is -0.303 e. The topological polar surface area (TPSA) is 98.3 Å². The Kier molecular flexibility index (Phi) is 4.52. The van der Waals surface area contributed by atoms with Crippen LogP contribution in [-0.4, -0.2) is 9.85 Å². The smallest absolute Gasteiger partial charge is 0.288 e. The molecule has 25 heavy (non-hydrogen) atoms. The molecule has 2 unspecified atom stereocenters. The number of rotatable bonds is 4. The van der Waals surface area contributed by atoms with Crippen LogP contribution in [0, 0.1) is 20.2 Å². The third-order valence-corrected chi connectivity index (χ3v) is 4.82. The van der Waals surface area contributed by atoms with Gasteiger partial charge in [0.25, 0.3) is 11.4 Å². The second kappa shape index (κ2) is 6.95. The molecule has 0 bridgehead atoms. The van der Waals surface area contributed by atoms with Gasteiger partial charge in [0, 0.05) is 24.2 Å². The molecule has 7 nitrogen and oxygen atoms in total. The SMILES string of the molecule is [2H]N1C(c2ccc(Cl)c([N+](=O)[O-])c2)CCC1c1ccc(Cl)c([N+](=O)[O-])c1. The molecule has 3 rings (SSSR count). The zero-order valence-corrected chi connectivity index (χ0v) is 14.3. The molecule has 0 amide bonds. The molecule has 0 aromatic heterocycles. The minimum atomic E-state index is -0.560. The van der Waals surface area contributed by atoms with Crippen molar-refractivity contribution in [3.63, 3.8) is 0 Å². The van der Waals surface area contributed by atoms with E-state index in [0.29, 0.717) is 24.0 Å². The molecule has 1 aliphatic heterocycles. The van der Waals surface area contributed by atoms with Gasteiger partial charge in [0.1, 0.15) is 11.5 Å². The highest BCUT2D eigenvalue weighted by Crippen LogP contribution is 2.38. The summed E-state index contributed by atoms with van der Waals surface area (Å²) in [6.45, 7) is 0. The highest BCUT2D eigenvalue weighted by molar-refractivity contribution is 6.33. The maximum absolute atomic E-state index is 11.1. The van der Waals surface area contributed by atoms with Crippen molar-refractivity contribution < 1.29 is 11.3 Å². The Bertz CT molecular complexity index is 824. The third kappa shape index (κ3) is 3.58. The van der Waals surface area contributed by atoms with Crippen molar-refractivity contribution in [2.45, 2.75) is 24.9 Å². The summed E-state index contributed by atoms with van der Waals surface area (Å²) in [6.07, 6.45) is 1.17. The summed E-state index contributed by atoms with van der Waals surface area (Å²) < 4.78 is 8.41. The van der Waals surface area contributed by atoms with E-state index < -0.39 is 9.85 Å². The first-order valence-corrected chi connectivity index (χ1v) is 8.20. The first-order chi connectivity index (χ1) is 12.3. The molecule has 1 heterocycles. The summed E-state index contributed by atoms with van der Waals surface area (Å²) in [5.41, 5.74) is 0.815. The fraction of sp³-hybridized carbons (Fsp3) is 0.250. The van der Waals surface area contributed by atoms with Crippen molar-refractivity contribution in [3.05, 3.63) is 77.8 Å². The maximum Gasteiger partial charge on any atom is 0.288 e. The molecule has 1 aliphatic rings. The molecule has 2 aromatic carbocycles. The van der Waals surface area contributed by atoms with Gasteiger partial charge in [-0.3, -0.25) is 20.2 Å². The van der Waals surface area contributed by atoms with E-state index in [4.69, 9.17) is 24.6 Å². The molecule has 1 fully saturated rings. The fourth-order valence-electron chi connectivity index (χ4n) is 2.94. The molecule has 1 N–H and O–H groups in total. The van der Waals surface area contributed by atoms with Crippen LogP contribution >= 0.6 is 23.2 Å². The van der Waals surface area contributed by atoms with Gasteiger partial charge in [-0.25, -0.2) is 0 Å². The first kappa shape index (κ1) is 16.3. The van der Waals surface area contributed by atoms with Gasteiger partial charge in [-0.2, -0.15) is 0 Å². The molecular weight excluding hydrogens is 369 g/mol. The summed E-state index contributed by atoms with van der Waals surface area (Å²) in [5.74, 6) is 0. The van der Waals surface area contributed by atoms with Crippen molar-refractivity contribution in [1.82, 2.24) is 5.31 Å².